The van der Waals surface area contributed by atoms with Gasteiger partial charge < -0.3 is 43.9 Å². The highest BCUT2D eigenvalue weighted by Gasteiger charge is 2.53. The van der Waals surface area contributed by atoms with Crippen molar-refractivity contribution in [3.63, 3.8) is 0 Å². The van der Waals surface area contributed by atoms with Crippen LogP contribution >= 0.6 is 0 Å². The Balaban J connectivity index is 1.70. The first-order valence-corrected chi connectivity index (χ1v) is 23.9. The quantitative estimate of drug-likeness (QED) is 0.156. The number of piperidine rings is 1. The molecular weight excluding hydrogens is 835 g/mol. The molecule has 0 aromatic rings. The lowest BCUT2D eigenvalue weighted by Crippen LogP contribution is -2.61. The summed E-state index contributed by atoms with van der Waals surface area (Å²) in [7, 11) is 4.52. The van der Waals surface area contributed by atoms with Crippen molar-refractivity contribution in [1.82, 2.24) is 4.90 Å². The van der Waals surface area contributed by atoms with Crippen LogP contribution in [0, 0.1) is 35.5 Å². The van der Waals surface area contributed by atoms with E-state index < -0.39 is 83.9 Å². The van der Waals surface area contributed by atoms with Crippen LogP contribution in [-0.4, -0.2) is 132 Å². The number of hydrogen-bond donors (Lipinski definition) is 3. The summed E-state index contributed by atoms with van der Waals surface area (Å²) in [5.74, 6) is -7.96. The van der Waals surface area contributed by atoms with Gasteiger partial charge in [-0.05, 0) is 107 Å². The number of esters is 1. The molecule has 0 aromatic carbocycles. The Bertz CT molecular complexity index is 1760. The highest BCUT2D eigenvalue weighted by Crippen LogP contribution is 2.38. The second kappa shape index (κ2) is 25.1. The second-order valence-electron chi connectivity index (χ2n) is 19.6. The number of ketones is 3. The number of aliphatic hydroxyl groups is 3. The van der Waals surface area contributed by atoms with Crippen LogP contribution in [0.25, 0.3) is 0 Å². The second-order valence-corrected chi connectivity index (χ2v) is 19.6. The molecule has 4 aliphatic rings. The van der Waals surface area contributed by atoms with Crippen molar-refractivity contribution in [2.24, 2.45) is 35.5 Å². The molecule has 1 amide bonds. The van der Waals surface area contributed by atoms with E-state index in [1.165, 1.54) is 12.0 Å². The molecule has 65 heavy (non-hydrogen) atoms. The first kappa shape index (κ1) is 54.2. The van der Waals surface area contributed by atoms with E-state index in [2.05, 4.69) is 0 Å². The Labute approximate surface area is 387 Å². The van der Waals surface area contributed by atoms with Crippen LogP contribution < -0.4 is 0 Å². The smallest absolute Gasteiger partial charge is 0.329 e. The van der Waals surface area contributed by atoms with E-state index in [9.17, 15) is 39.3 Å². The number of Topliss-reactive ketones (excluding diaryl/α,β-unsaturated/α-hetero) is 3. The molecule has 4 rings (SSSR count). The zero-order chi connectivity index (χ0) is 48.2. The van der Waals surface area contributed by atoms with Gasteiger partial charge in [0.2, 0.25) is 5.79 Å². The van der Waals surface area contributed by atoms with Crippen molar-refractivity contribution in [3.8, 4) is 0 Å². The molecule has 14 heteroatoms. The molecule has 3 aliphatic heterocycles. The Hall–Kier alpha value is -3.37. The average Bonchev–Trinajstić information content (AvgIpc) is 3.28. The Morgan fingerprint density at radius 3 is 2.25 bits per heavy atom. The van der Waals surface area contributed by atoms with Gasteiger partial charge in [0.1, 0.15) is 30.1 Å². The van der Waals surface area contributed by atoms with Crippen molar-refractivity contribution in [2.45, 2.75) is 180 Å². The average molecular weight is 914 g/mol. The maximum absolute atomic E-state index is 14.4. The van der Waals surface area contributed by atoms with Crippen LogP contribution in [-0.2, 0) is 47.7 Å². The van der Waals surface area contributed by atoms with Gasteiger partial charge in [0.15, 0.2) is 5.78 Å². The number of ether oxygens (including phenoxy) is 5. The number of carbonyl (C=O) groups excluding carboxylic acids is 5. The fourth-order valence-corrected chi connectivity index (χ4v) is 10.1. The summed E-state index contributed by atoms with van der Waals surface area (Å²) in [6, 6.07) is -1.14. The van der Waals surface area contributed by atoms with Gasteiger partial charge in [0, 0.05) is 58.5 Å². The van der Waals surface area contributed by atoms with Crippen LogP contribution in [0.2, 0.25) is 0 Å². The molecule has 1 saturated carbocycles. The van der Waals surface area contributed by atoms with Crippen LogP contribution in [0.5, 0.6) is 0 Å². The van der Waals surface area contributed by atoms with Crippen LogP contribution in [0.4, 0.5) is 0 Å². The highest BCUT2D eigenvalue weighted by molar-refractivity contribution is 6.39. The van der Waals surface area contributed by atoms with E-state index in [0.717, 1.165) is 12.0 Å². The summed E-state index contributed by atoms with van der Waals surface area (Å²) >= 11 is 0. The maximum atomic E-state index is 14.4. The summed E-state index contributed by atoms with van der Waals surface area (Å²) < 4.78 is 29.4. The van der Waals surface area contributed by atoms with Crippen molar-refractivity contribution < 1.29 is 63.0 Å². The number of rotatable bonds is 6. The van der Waals surface area contributed by atoms with Crippen molar-refractivity contribution >= 4 is 29.2 Å². The Morgan fingerprint density at radius 1 is 0.846 bits per heavy atom. The number of hydrogen-bond acceptors (Lipinski definition) is 13. The van der Waals surface area contributed by atoms with Gasteiger partial charge in [-0.15, -0.1) is 0 Å². The summed E-state index contributed by atoms with van der Waals surface area (Å²) in [4.78, 5) is 71.8. The van der Waals surface area contributed by atoms with Gasteiger partial charge in [0.05, 0.1) is 24.4 Å². The SMILES string of the molecule is COC1C[C@@H]2CC[C@@H](C)[C@@](O)(O2)C(=O)C(=O)N2CCCC[C@H]2C(=O)O[C@H]([C@H](C)C[C@@H]2CC[C@@H](O)[C@H](OC)C2)CC(=O)[C@H](C)/C=C(\C)[C@@H](O)[C@@H](OC)C(=O)C(C)C[C@H](C)/C=C/C=C/C=C/1C. The molecule has 0 aromatic heterocycles. The van der Waals surface area contributed by atoms with Crippen LogP contribution in [0.3, 0.4) is 0 Å². The van der Waals surface area contributed by atoms with Crippen LogP contribution in [0.1, 0.15) is 126 Å². The zero-order valence-electron chi connectivity index (χ0n) is 40.6. The predicted octanol–water partition coefficient (Wildman–Crippen LogP) is 6.18. The van der Waals surface area contributed by atoms with E-state index in [4.69, 9.17) is 23.7 Å². The molecular formula is C51H79NO13. The predicted molar refractivity (Wildman–Crippen MR) is 245 cm³/mol. The number of carbonyl (C=O) groups is 5. The third-order valence-corrected chi connectivity index (χ3v) is 14.5. The topological polar surface area (TPSA) is 195 Å². The van der Waals surface area contributed by atoms with E-state index in [-0.39, 0.29) is 54.8 Å². The normalized spacial score (nSPS) is 40.4. The molecule has 3 heterocycles. The summed E-state index contributed by atoms with van der Waals surface area (Å²) in [5.41, 5.74) is 1.27. The monoisotopic (exact) mass is 914 g/mol. The Kier molecular flexibility index (Phi) is 21.0. The van der Waals surface area contributed by atoms with Gasteiger partial charge in [-0.25, -0.2) is 4.79 Å². The number of amides is 1. The van der Waals surface area contributed by atoms with E-state index in [0.29, 0.717) is 63.4 Å². The fraction of sp³-hybridized carbons (Fsp3) is 0.745. The maximum Gasteiger partial charge on any atom is 0.329 e. The Morgan fingerprint density at radius 2 is 1.57 bits per heavy atom. The minimum absolute atomic E-state index is 0.0193. The zero-order valence-corrected chi connectivity index (χ0v) is 40.6. The number of fused-ring (bicyclic) bond motifs is 3. The van der Waals surface area contributed by atoms with E-state index in [1.54, 1.807) is 41.1 Å². The molecule has 2 unspecified atom stereocenters. The minimum atomic E-state index is -2.43. The molecule has 0 radical (unpaired) electrons. The standard InChI is InChI=1S/C51H79NO13/c1-30-16-12-11-13-17-31(2)42(61-8)28-38-21-19-36(7)51(60,65-38)48(57)49(58)52-23-15-14-18-39(52)50(59)64-43(33(4)26-37-20-22-40(53)44(27-37)62-9)29-41(54)32(3)25-35(6)46(56)47(63-10)45(55)34(5)24-30/h11-13,16-17,25,30,32-34,36-40,42-44,46-47,53,56,60H,14-15,18-24,26-29H2,1-10H3/b13-11+,16-12+,31-17+,35-25+/t30-,32-,33-,34?,36-,37+,38+,39+,40-,42?,43+,44-,46-,47+,51-/m1/s1. The van der Waals surface area contributed by atoms with E-state index in [1.807, 2.05) is 58.1 Å². The van der Waals surface area contributed by atoms with Crippen molar-refractivity contribution in [1.29, 1.82) is 0 Å². The highest BCUT2D eigenvalue weighted by atomic mass is 16.6. The van der Waals surface area contributed by atoms with Gasteiger partial charge in [-0.2, -0.15) is 0 Å². The first-order valence-electron chi connectivity index (χ1n) is 23.9. The number of aliphatic hydroxyl groups excluding tert-OH is 2. The van der Waals surface area contributed by atoms with Gasteiger partial charge in [-0.3, -0.25) is 19.2 Å². The number of methoxy groups -OCH3 is 3. The molecule has 3 fully saturated rings. The minimum Gasteiger partial charge on any atom is -0.460 e. The first-order chi connectivity index (χ1) is 30.7. The largest absolute Gasteiger partial charge is 0.460 e. The van der Waals surface area contributed by atoms with Crippen molar-refractivity contribution in [3.05, 3.63) is 47.6 Å². The lowest BCUT2D eigenvalue weighted by Gasteiger charge is -2.42. The van der Waals surface area contributed by atoms with Gasteiger partial charge >= 0.3 is 5.97 Å². The summed E-state index contributed by atoms with van der Waals surface area (Å²) in [6.45, 7) is 12.7. The third-order valence-electron chi connectivity index (χ3n) is 14.5. The summed E-state index contributed by atoms with van der Waals surface area (Å²) in [6.07, 6.45) is 11.2. The van der Waals surface area contributed by atoms with Gasteiger partial charge in [-0.1, -0.05) is 71.1 Å². The lowest BCUT2D eigenvalue weighted by molar-refractivity contribution is -0.265. The molecule has 0 spiro atoms. The summed E-state index contributed by atoms with van der Waals surface area (Å²) in [5, 5.41) is 33.8. The number of allylic oxidation sites excluding steroid dienone is 6. The molecule has 15 atom stereocenters. The lowest BCUT2D eigenvalue weighted by atomic mass is 9.78. The van der Waals surface area contributed by atoms with Crippen LogP contribution in [0.15, 0.2) is 47.6 Å². The molecule has 1 aliphatic carbocycles. The molecule has 2 bridgehead atoms. The van der Waals surface area contributed by atoms with Gasteiger partial charge in [0.25, 0.3) is 11.7 Å². The molecule has 3 N–H and O–H groups in total. The van der Waals surface area contributed by atoms with Crippen molar-refractivity contribution in [2.75, 3.05) is 27.9 Å². The third kappa shape index (κ3) is 14.3. The number of nitrogens with zero attached hydrogens (tertiary/aromatic N) is 1. The molecule has 2 saturated heterocycles. The fourth-order valence-electron chi connectivity index (χ4n) is 10.1. The molecule has 14 nitrogen and oxygen atoms in total. The van der Waals surface area contributed by atoms with E-state index >= 15 is 0 Å². The molecule has 366 valence electrons. The number of cyclic esters (lactones) is 1.